The smallest absolute Gasteiger partial charge is 0.339 e. The van der Waals surface area contributed by atoms with Crippen molar-refractivity contribution in [2.24, 2.45) is 0 Å². The molecule has 0 unspecified atom stereocenters. The Labute approximate surface area is 134 Å². The van der Waals surface area contributed by atoms with Crippen molar-refractivity contribution in [3.8, 4) is 5.75 Å². The van der Waals surface area contributed by atoms with Crippen molar-refractivity contribution in [2.45, 2.75) is 4.90 Å². The van der Waals surface area contributed by atoms with Gasteiger partial charge in [-0.1, -0.05) is 12.1 Å². The van der Waals surface area contributed by atoms with E-state index < -0.39 is 27.3 Å². The van der Waals surface area contributed by atoms with Gasteiger partial charge in [0.1, 0.15) is 11.3 Å². The number of carboxylic acid groups (broad SMARTS) is 1. The Bertz CT molecular complexity index is 804. The van der Waals surface area contributed by atoms with Gasteiger partial charge in [-0.2, -0.15) is 0 Å². The molecule has 2 rings (SSSR count). The number of aromatic carboxylic acids is 1. The predicted molar refractivity (Wildman–Crippen MR) is 85.0 cm³/mol. The normalized spacial score (nSPS) is 11.1. The van der Waals surface area contributed by atoms with Gasteiger partial charge in [0.05, 0.1) is 10.6 Å². The number of rotatable bonds is 4. The van der Waals surface area contributed by atoms with Crippen LogP contribution in [0.1, 0.15) is 10.4 Å². The Morgan fingerprint density at radius 1 is 1.14 bits per heavy atom. The van der Waals surface area contributed by atoms with Crippen LogP contribution in [0.2, 0.25) is 0 Å². The highest BCUT2D eigenvalue weighted by Crippen LogP contribution is 2.25. The van der Waals surface area contributed by atoms with E-state index in [0.29, 0.717) is 9.26 Å². The summed E-state index contributed by atoms with van der Waals surface area (Å²) in [6.45, 7) is 0. The lowest BCUT2D eigenvalue weighted by molar-refractivity contribution is 0.0693. The van der Waals surface area contributed by atoms with Crippen molar-refractivity contribution < 1.29 is 23.4 Å². The Morgan fingerprint density at radius 2 is 1.81 bits per heavy atom. The molecule has 0 radical (unpaired) electrons. The number of phenols is 1. The van der Waals surface area contributed by atoms with E-state index in [4.69, 9.17) is 5.11 Å². The topological polar surface area (TPSA) is 104 Å². The van der Waals surface area contributed by atoms with Crippen LogP contribution in [0.15, 0.2) is 47.4 Å². The molecule has 0 fully saturated rings. The van der Waals surface area contributed by atoms with Crippen LogP contribution in [-0.2, 0) is 10.0 Å². The number of aromatic hydroxyl groups is 1. The molecule has 0 saturated carbocycles. The number of sulfonamides is 1. The number of para-hydroxylation sites is 1. The number of benzene rings is 2. The molecule has 0 saturated heterocycles. The minimum absolute atomic E-state index is 0.239. The van der Waals surface area contributed by atoms with Crippen LogP contribution in [-0.4, -0.2) is 24.6 Å². The SMILES string of the molecule is O=C(O)c1cc(S(=O)(=O)Nc2ccccc2I)ccc1O. The lowest BCUT2D eigenvalue weighted by Gasteiger charge is -2.10. The predicted octanol–water partition coefficient (Wildman–Crippen LogP) is 2.50. The van der Waals surface area contributed by atoms with Gasteiger partial charge in [0.25, 0.3) is 10.0 Å². The first-order valence-electron chi connectivity index (χ1n) is 5.65. The molecule has 2 aromatic carbocycles. The van der Waals surface area contributed by atoms with Gasteiger partial charge in [0.2, 0.25) is 0 Å². The van der Waals surface area contributed by atoms with Gasteiger partial charge < -0.3 is 10.2 Å². The maximum Gasteiger partial charge on any atom is 0.339 e. The molecular formula is C13H10INO5S. The molecule has 0 heterocycles. The fourth-order valence-corrected chi connectivity index (χ4v) is 3.41. The number of halogens is 1. The van der Waals surface area contributed by atoms with Crippen molar-refractivity contribution in [3.63, 3.8) is 0 Å². The number of hydrogen-bond acceptors (Lipinski definition) is 4. The largest absolute Gasteiger partial charge is 0.507 e. The lowest BCUT2D eigenvalue weighted by atomic mass is 10.2. The molecule has 21 heavy (non-hydrogen) atoms. The van der Waals surface area contributed by atoms with E-state index in [1.54, 1.807) is 24.3 Å². The van der Waals surface area contributed by atoms with Crippen LogP contribution >= 0.6 is 22.6 Å². The zero-order chi connectivity index (χ0) is 15.6. The quantitative estimate of drug-likeness (QED) is 0.661. The van der Waals surface area contributed by atoms with Crippen LogP contribution in [0.5, 0.6) is 5.75 Å². The van der Waals surface area contributed by atoms with Crippen molar-refractivity contribution in [2.75, 3.05) is 4.72 Å². The van der Waals surface area contributed by atoms with E-state index in [2.05, 4.69) is 4.72 Å². The zero-order valence-corrected chi connectivity index (χ0v) is 13.4. The summed E-state index contributed by atoms with van der Waals surface area (Å²) in [7, 11) is -3.94. The lowest BCUT2D eigenvalue weighted by Crippen LogP contribution is -2.14. The van der Waals surface area contributed by atoms with Crippen LogP contribution in [0.4, 0.5) is 5.69 Å². The molecule has 110 valence electrons. The summed E-state index contributed by atoms with van der Waals surface area (Å²) in [5.41, 5.74) is -0.0799. The van der Waals surface area contributed by atoms with E-state index in [1.165, 1.54) is 0 Å². The van der Waals surface area contributed by atoms with E-state index >= 15 is 0 Å². The van der Waals surface area contributed by atoms with Gasteiger partial charge in [-0.15, -0.1) is 0 Å². The third kappa shape index (κ3) is 3.45. The molecule has 6 nitrogen and oxygen atoms in total. The minimum Gasteiger partial charge on any atom is -0.507 e. The summed E-state index contributed by atoms with van der Waals surface area (Å²) < 4.78 is 27.6. The molecular weight excluding hydrogens is 409 g/mol. The number of nitrogens with one attached hydrogen (secondary N) is 1. The molecule has 0 atom stereocenters. The second-order valence-electron chi connectivity index (χ2n) is 4.07. The highest BCUT2D eigenvalue weighted by atomic mass is 127. The van der Waals surface area contributed by atoms with Gasteiger partial charge in [0, 0.05) is 3.57 Å². The standard InChI is InChI=1S/C13H10INO5S/c14-10-3-1-2-4-11(10)15-21(19,20)8-5-6-12(16)9(7-8)13(17)18/h1-7,15-16H,(H,17,18). The Balaban J connectivity index is 2.43. The third-order valence-electron chi connectivity index (χ3n) is 2.63. The molecule has 0 aliphatic rings. The summed E-state index contributed by atoms with van der Waals surface area (Å²) in [4.78, 5) is 10.7. The first-order chi connectivity index (χ1) is 9.81. The van der Waals surface area contributed by atoms with Gasteiger partial charge in [0.15, 0.2) is 0 Å². The van der Waals surface area contributed by atoms with Crippen molar-refractivity contribution in [1.82, 2.24) is 0 Å². The molecule has 0 aliphatic heterocycles. The van der Waals surface area contributed by atoms with E-state index in [1.807, 2.05) is 22.6 Å². The molecule has 0 aromatic heterocycles. The number of anilines is 1. The van der Waals surface area contributed by atoms with E-state index in [-0.39, 0.29) is 4.90 Å². The highest BCUT2D eigenvalue weighted by Gasteiger charge is 2.19. The Hall–Kier alpha value is -1.81. The Kier molecular flexibility index (Phi) is 4.37. The molecule has 0 amide bonds. The maximum absolute atomic E-state index is 12.3. The van der Waals surface area contributed by atoms with Crippen LogP contribution in [0.3, 0.4) is 0 Å². The summed E-state index contributed by atoms with van der Waals surface area (Å²) in [6.07, 6.45) is 0. The van der Waals surface area contributed by atoms with E-state index in [9.17, 15) is 18.3 Å². The molecule has 0 aliphatic carbocycles. The van der Waals surface area contributed by atoms with Crippen molar-refractivity contribution in [3.05, 3.63) is 51.6 Å². The first-order valence-corrected chi connectivity index (χ1v) is 8.21. The van der Waals surface area contributed by atoms with Crippen LogP contribution in [0.25, 0.3) is 0 Å². The maximum atomic E-state index is 12.3. The van der Waals surface area contributed by atoms with Crippen LogP contribution < -0.4 is 4.72 Å². The first kappa shape index (κ1) is 15.6. The molecule has 3 N–H and O–H groups in total. The van der Waals surface area contributed by atoms with Gasteiger partial charge >= 0.3 is 5.97 Å². The zero-order valence-electron chi connectivity index (χ0n) is 10.4. The fraction of sp³-hybridized carbons (Fsp3) is 0. The van der Waals surface area contributed by atoms with Gasteiger partial charge in [-0.3, -0.25) is 4.72 Å². The molecule has 2 aromatic rings. The average Bonchev–Trinajstić information content (AvgIpc) is 2.41. The molecule has 0 bridgehead atoms. The van der Waals surface area contributed by atoms with Crippen molar-refractivity contribution in [1.29, 1.82) is 0 Å². The second kappa shape index (κ2) is 5.90. The van der Waals surface area contributed by atoms with E-state index in [0.717, 1.165) is 18.2 Å². The van der Waals surface area contributed by atoms with Crippen molar-refractivity contribution >= 4 is 44.3 Å². The summed E-state index contributed by atoms with van der Waals surface area (Å²) in [6, 6.07) is 9.86. The van der Waals surface area contributed by atoms with Gasteiger partial charge in [-0.05, 0) is 52.9 Å². The highest BCUT2D eigenvalue weighted by molar-refractivity contribution is 14.1. The number of hydrogen-bond donors (Lipinski definition) is 3. The third-order valence-corrected chi connectivity index (χ3v) is 4.93. The molecule has 8 heteroatoms. The second-order valence-corrected chi connectivity index (χ2v) is 6.91. The number of carbonyl (C=O) groups is 1. The van der Waals surface area contributed by atoms with Gasteiger partial charge in [-0.25, -0.2) is 13.2 Å². The Morgan fingerprint density at radius 3 is 2.43 bits per heavy atom. The summed E-state index contributed by atoms with van der Waals surface area (Å²) >= 11 is 1.98. The minimum atomic E-state index is -3.94. The number of carboxylic acids is 1. The summed E-state index contributed by atoms with van der Waals surface area (Å²) in [5.74, 6) is -1.89. The fourth-order valence-electron chi connectivity index (χ4n) is 1.60. The average molecular weight is 419 g/mol. The van der Waals surface area contributed by atoms with Crippen LogP contribution in [0, 0.1) is 3.57 Å². The molecule has 0 spiro atoms. The summed E-state index contributed by atoms with van der Waals surface area (Å²) in [5, 5.41) is 18.3. The monoisotopic (exact) mass is 419 g/mol.